The van der Waals surface area contributed by atoms with Crippen LogP contribution in [0.4, 0.5) is 15.9 Å². The summed E-state index contributed by atoms with van der Waals surface area (Å²) in [6.07, 6.45) is 1.55. The molecule has 0 spiro atoms. The predicted molar refractivity (Wildman–Crippen MR) is 105 cm³/mol. The average Bonchev–Trinajstić information content (AvgIpc) is 2.73. The van der Waals surface area contributed by atoms with E-state index in [1.54, 1.807) is 32.5 Å². The summed E-state index contributed by atoms with van der Waals surface area (Å²) in [5, 5.41) is 5.90. The third-order valence-electron chi connectivity index (χ3n) is 4.05. The molecule has 6 nitrogen and oxygen atoms in total. The van der Waals surface area contributed by atoms with Gasteiger partial charge in [-0.1, -0.05) is 6.07 Å². The predicted octanol–water partition coefficient (Wildman–Crippen LogP) is 4.10. The SMILES string of the molecule is COc1ccc(CNc2cc(C(=O)Nc3ccc(F)cc3)ccn2)cc1OC. The normalized spacial score (nSPS) is 10.2. The number of ether oxygens (including phenoxy) is 2. The van der Waals surface area contributed by atoms with Crippen molar-refractivity contribution in [3.05, 3.63) is 77.7 Å². The van der Waals surface area contributed by atoms with Crippen molar-refractivity contribution in [3.8, 4) is 11.5 Å². The van der Waals surface area contributed by atoms with Gasteiger partial charge in [0.1, 0.15) is 11.6 Å². The number of hydrogen-bond acceptors (Lipinski definition) is 5. The number of nitrogens with zero attached hydrogens (tertiary/aromatic N) is 1. The summed E-state index contributed by atoms with van der Waals surface area (Å²) in [4.78, 5) is 16.6. The van der Waals surface area contributed by atoms with E-state index in [2.05, 4.69) is 15.6 Å². The molecule has 0 aliphatic heterocycles. The molecule has 1 amide bonds. The molecule has 0 unspecified atom stereocenters. The van der Waals surface area contributed by atoms with Crippen LogP contribution in [0.2, 0.25) is 0 Å². The Morgan fingerprint density at radius 2 is 1.75 bits per heavy atom. The maximum absolute atomic E-state index is 13.0. The molecule has 28 heavy (non-hydrogen) atoms. The van der Waals surface area contributed by atoms with Crippen LogP contribution < -0.4 is 20.1 Å². The summed E-state index contributed by atoms with van der Waals surface area (Å²) in [6.45, 7) is 0.496. The van der Waals surface area contributed by atoms with Crippen LogP contribution in [0.25, 0.3) is 0 Å². The number of hydrogen-bond donors (Lipinski definition) is 2. The number of methoxy groups -OCH3 is 2. The molecule has 7 heteroatoms. The van der Waals surface area contributed by atoms with E-state index < -0.39 is 0 Å². The van der Waals surface area contributed by atoms with Gasteiger partial charge in [-0.05, 0) is 54.1 Å². The molecule has 0 atom stereocenters. The van der Waals surface area contributed by atoms with E-state index >= 15 is 0 Å². The van der Waals surface area contributed by atoms with Crippen LogP contribution >= 0.6 is 0 Å². The van der Waals surface area contributed by atoms with Crippen LogP contribution in [-0.2, 0) is 6.54 Å². The van der Waals surface area contributed by atoms with E-state index in [0.717, 1.165) is 5.56 Å². The van der Waals surface area contributed by atoms with E-state index in [-0.39, 0.29) is 11.7 Å². The molecule has 0 fully saturated rings. The number of pyridine rings is 1. The fraction of sp³-hybridized carbons (Fsp3) is 0.143. The quantitative estimate of drug-likeness (QED) is 0.645. The Morgan fingerprint density at radius 3 is 2.46 bits per heavy atom. The number of halogens is 1. The summed E-state index contributed by atoms with van der Waals surface area (Å²) in [7, 11) is 3.17. The molecule has 2 aromatic carbocycles. The second-order valence-corrected chi connectivity index (χ2v) is 5.93. The van der Waals surface area contributed by atoms with Gasteiger partial charge >= 0.3 is 0 Å². The zero-order valence-corrected chi connectivity index (χ0v) is 15.5. The van der Waals surface area contributed by atoms with Gasteiger partial charge in [0.05, 0.1) is 14.2 Å². The first-order valence-electron chi connectivity index (χ1n) is 8.57. The number of nitrogens with one attached hydrogen (secondary N) is 2. The summed E-state index contributed by atoms with van der Waals surface area (Å²) < 4.78 is 23.5. The van der Waals surface area contributed by atoms with E-state index in [9.17, 15) is 9.18 Å². The number of aromatic nitrogens is 1. The highest BCUT2D eigenvalue weighted by Gasteiger charge is 2.09. The monoisotopic (exact) mass is 381 g/mol. The highest BCUT2D eigenvalue weighted by atomic mass is 19.1. The van der Waals surface area contributed by atoms with Crippen molar-refractivity contribution < 1.29 is 18.7 Å². The van der Waals surface area contributed by atoms with E-state index in [0.29, 0.717) is 35.1 Å². The van der Waals surface area contributed by atoms with E-state index in [1.807, 2.05) is 18.2 Å². The van der Waals surface area contributed by atoms with Gasteiger partial charge in [-0.3, -0.25) is 4.79 Å². The van der Waals surface area contributed by atoms with Crippen molar-refractivity contribution in [2.75, 3.05) is 24.9 Å². The minimum absolute atomic E-state index is 0.303. The van der Waals surface area contributed by atoms with Crippen molar-refractivity contribution in [3.63, 3.8) is 0 Å². The Bertz CT molecular complexity index is 961. The molecular formula is C21H20FN3O3. The van der Waals surface area contributed by atoms with Crippen molar-refractivity contribution in [2.45, 2.75) is 6.54 Å². The van der Waals surface area contributed by atoms with Gasteiger partial charge in [-0.25, -0.2) is 9.37 Å². The number of carbonyl (C=O) groups excluding carboxylic acids is 1. The summed E-state index contributed by atoms with van der Waals surface area (Å²) in [5.74, 6) is 1.19. The van der Waals surface area contributed by atoms with Gasteiger partial charge < -0.3 is 20.1 Å². The van der Waals surface area contributed by atoms with Crippen molar-refractivity contribution in [1.29, 1.82) is 0 Å². The Hall–Kier alpha value is -3.61. The summed E-state index contributed by atoms with van der Waals surface area (Å²) >= 11 is 0. The second-order valence-electron chi connectivity index (χ2n) is 5.93. The number of carbonyl (C=O) groups is 1. The van der Waals surface area contributed by atoms with E-state index in [1.165, 1.54) is 24.3 Å². The van der Waals surface area contributed by atoms with Gasteiger partial charge in [0.2, 0.25) is 0 Å². The smallest absolute Gasteiger partial charge is 0.255 e. The van der Waals surface area contributed by atoms with Crippen LogP contribution in [0.15, 0.2) is 60.8 Å². The molecule has 0 saturated heterocycles. The topological polar surface area (TPSA) is 72.5 Å². The molecule has 3 aromatic rings. The van der Waals surface area contributed by atoms with Crippen molar-refractivity contribution >= 4 is 17.4 Å². The fourth-order valence-corrected chi connectivity index (χ4v) is 2.59. The van der Waals surface area contributed by atoms with Gasteiger partial charge in [0.25, 0.3) is 5.91 Å². The van der Waals surface area contributed by atoms with Gasteiger partial charge in [0, 0.05) is 24.0 Å². The van der Waals surface area contributed by atoms with Crippen LogP contribution in [-0.4, -0.2) is 25.1 Å². The highest BCUT2D eigenvalue weighted by Crippen LogP contribution is 2.27. The molecule has 0 radical (unpaired) electrons. The summed E-state index contributed by atoms with van der Waals surface area (Å²) in [5.41, 5.74) is 1.93. The molecular weight excluding hydrogens is 361 g/mol. The summed E-state index contributed by atoms with van der Waals surface area (Å²) in [6, 6.07) is 14.5. The largest absolute Gasteiger partial charge is 0.493 e. The Balaban J connectivity index is 1.66. The van der Waals surface area contributed by atoms with Crippen molar-refractivity contribution in [2.24, 2.45) is 0 Å². The molecule has 1 aromatic heterocycles. The van der Waals surface area contributed by atoms with Crippen LogP contribution in [0, 0.1) is 5.82 Å². The Labute approximate surface area is 162 Å². The lowest BCUT2D eigenvalue weighted by Crippen LogP contribution is -2.12. The molecule has 2 N–H and O–H groups in total. The van der Waals surface area contributed by atoms with E-state index in [4.69, 9.17) is 9.47 Å². The van der Waals surface area contributed by atoms with Crippen LogP contribution in [0.3, 0.4) is 0 Å². The number of benzene rings is 2. The molecule has 1 heterocycles. The number of rotatable bonds is 7. The first kappa shape index (κ1) is 19.2. The van der Waals surface area contributed by atoms with Gasteiger partial charge in [-0.2, -0.15) is 0 Å². The standard InChI is InChI=1S/C21H20FN3O3/c1-27-18-8-3-14(11-19(18)28-2)13-24-20-12-15(9-10-23-20)21(26)25-17-6-4-16(22)5-7-17/h3-12H,13H2,1-2H3,(H,23,24)(H,25,26). The molecule has 3 rings (SSSR count). The lowest BCUT2D eigenvalue weighted by molar-refractivity contribution is 0.102. The van der Waals surface area contributed by atoms with Crippen LogP contribution in [0.5, 0.6) is 11.5 Å². The minimum Gasteiger partial charge on any atom is -0.493 e. The Kier molecular flexibility index (Phi) is 6.06. The van der Waals surface area contributed by atoms with Crippen LogP contribution in [0.1, 0.15) is 15.9 Å². The van der Waals surface area contributed by atoms with Gasteiger partial charge in [-0.15, -0.1) is 0 Å². The zero-order chi connectivity index (χ0) is 19.9. The molecule has 0 aliphatic carbocycles. The number of anilines is 2. The number of amides is 1. The lowest BCUT2D eigenvalue weighted by atomic mass is 10.2. The molecule has 0 saturated carbocycles. The maximum atomic E-state index is 13.0. The highest BCUT2D eigenvalue weighted by molar-refractivity contribution is 6.04. The average molecular weight is 381 g/mol. The fourth-order valence-electron chi connectivity index (χ4n) is 2.59. The third kappa shape index (κ3) is 4.76. The van der Waals surface area contributed by atoms with Gasteiger partial charge in [0.15, 0.2) is 11.5 Å². The minimum atomic E-state index is -0.358. The second kappa shape index (κ2) is 8.85. The molecule has 144 valence electrons. The maximum Gasteiger partial charge on any atom is 0.255 e. The zero-order valence-electron chi connectivity index (χ0n) is 15.5. The third-order valence-corrected chi connectivity index (χ3v) is 4.05. The lowest BCUT2D eigenvalue weighted by Gasteiger charge is -2.11. The first-order chi connectivity index (χ1) is 13.6. The van der Waals surface area contributed by atoms with Crippen molar-refractivity contribution in [1.82, 2.24) is 4.98 Å². The molecule has 0 aliphatic rings. The Morgan fingerprint density at radius 1 is 1.00 bits per heavy atom. The molecule has 0 bridgehead atoms. The first-order valence-corrected chi connectivity index (χ1v) is 8.57.